The van der Waals surface area contributed by atoms with Gasteiger partial charge in [0.2, 0.25) is 0 Å². The fourth-order valence-electron chi connectivity index (χ4n) is 4.05. The predicted octanol–water partition coefficient (Wildman–Crippen LogP) is 3.86. The second kappa shape index (κ2) is 7.79. The van der Waals surface area contributed by atoms with Crippen molar-refractivity contribution in [3.8, 4) is 0 Å². The monoisotopic (exact) mass is 280 g/mol. The van der Waals surface area contributed by atoms with Crippen molar-refractivity contribution in [1.29, 1.82) is 0 Å². The van der Waals surface area contributed by atoms with Gasteiger partial charge < -0.3 is 9.80 Å². The van der Waals surface area contributed by atoms with Gasteiger partial charge in [-0.3, -0.25) is 0 Å². The fourth-order valence-corrected chi connectivity index (χ4v) is 4.05. The Morgan fingerprint density at radius 3 is 2.00 bits per heavy atom. The lowest BCUT2D eigenvalue weighted by atomic mass is 9.83. The highest BCUT2D eigenvalue weighted by molar-refractivity contribution is 4.80. The summed E-state index contributed by atoms with van der Waals surface area (Å²) in [6.07, 6.45) is 7.09. The second-order valence-corrected chi connectivity index (χ2v) is 7.60. The van der Waals surface area contributed by atoms with Gasteiger partial charge in [0.1, 0.15) is 0 Å². The molecule has 1 unspecified atom stereocenters. The summed E-state index contributed by atoms with van der Waals surface area (Å²) in [5, 5.41) is 0. The fraction of sp³-hybridized carbons (Fsp3) is 1.00. The van der Waals surface area contributed by atoms with E-state index < -0.39 is 0 Å². The Kier molecular flexibility index (Phi) is 6.35. The number of hydrogen-bond acceptors (Lipinski definition) is 2. The van der Waals surface area contributed by atoms with Crippen molar-refractivity contribution in [1.82, 2.24) is 9.80 Å². The van der Waals surface area contributed by atoms with E-state index >= 15 is 0 Å². The Morgan fingerprint density at radius 2 is 1.50 bits per heavy atom. The minimum absolute atomic E-state index is 0.738. The molecule has 2 rings (SSSR count). The quantitative estimate of drug-likeness (QED) is 0.754. The molecule has 1 atom stereocenters. The van der Waals surface area contributed by atoms with E-state index in [1.807, 2.05) is 0 Å². The van der Waals surface area contributed by atoms with Crippen LogP contribution in [0.4, 0.5) is 0 Å². The van der Waals surface area contributed by atoms with Gasteiger partial charge in [-0.25, -0.2) is 0 Å². The zero-order valence-corrected chi connectivity index (χ0v) is 14.3. The van der Waals surface area contributed by atoms with E-state index in [0.29, 0.717) is 0 Å². The second-order valence-electron chi connectivity index (χ2n) is 7.60. The van der Waals surface area contributed by atoms with Gasteiger partial charge in [0.25, 0.3) is 0 Å². The molecular weight excluding hydrogens is 244 g/mol. The van der Waals surface area contributed by atoms with Crippen LogP contribution in [-0.4, -0.2) is 48.6 Å². The van der Waals surface area contributed by atoms with Crippen molar-refractivity contribution in [2.24, 2.45) is 17.8 Å². The van der Waals surface area contributed by atoms with E-state index in [-0.39, 0.29) is 0 Å². The summed E-state index contributed by atoms with van der Waals surface area (Å²) >= 11 is 0. The van der Waals surface area contributed by atoms with Gasteiger partial charge in [-0.05, 0) is 83.5 Å². The summed E-state index contributed by atoms with van der Waals surface area (Å²) in [7, 11) is 0. The number of nitrogens with zero attached hydrogens (tertiary/aromatic N) is 2. The first kappa shape index (κ1) is 16.3. The zero-order chi connectivity index (χ0) is 14.5. The number of likely N-dealkylation sites (tertiary alicyclic amines) is 2. The molecule has 0 N–H and O–H groups in total. The lowest BCUT2D eigenvalue weighted by Crippen LogP contribution is -2.43. The maximum atomic E-state index is 2.76. The predicted molar refractivity (Wildman–Crippen MR) is 88.1 cm³/mol. The van der Waals surface area contributed by atoms with Gasteiger partial charge in [0.15, 0.2) is 0 Å². The highest BCUT2D eigenvalue weighted by Crippen LogP contribution is 2.28. The Morgan fingerprint density at radius 1 is 0.900 bits per heavy atom. The molecule has 2 saturated heterocycles. The van der Waals surface area contributed by atoms with Gasteiger partial charge in [-0.2, -0.15) is 0 Å². The van der Waals surface area contributed by atoms with Crippen LogP contribution in [0.15, 0.2) is 0 Å². The minimum Gasteiger partial charge on any atom is -0.303 e. The maximum absolute atomic E-state index is 2.76. The first-order valence-corrected chi connectivity index (χ1v) is 9.06. The van der Waals surface area contributed by atoms with Crippen LogP contribution in [0.25, 0.3) is 0 Å². The molecule has 118 valence electrons. The molecule has 0 aromatic heterocycles. The molecule has 0 amide bonds. The molecule has 2 heterocycles. The third-order valence-corrected chi connectivity index (χ3v) is 5.98. The number of hydrogen-bond donors (Lipinski definition) is 0. The Hall–Kier alpha value is -0.0800. The van der Waals surface area contributed by atoms with Crippen molar-refractivity contribution in [2.45, 2.75) is 65.8 Å². The molecule has 0 radical (unpaired) electrons. The third kappa shape index (κ3) is 4.46. The molecule has 0 saturated carbocycles. The molecule has 2 fully saturated rings. The maximum Gasteiger partial charge on any atom is 0.00385 e. The molecule has 2 aliphatic rings. The lowest BCUT2D eigenvalue weighted by Gasteiger charge is -2.39. The summed E-state index contributed by atoms with van der Waals surface area (Å²) in [6, 6.07) is 0.738. The highest BCUT2D eigenvalue weighted by atomic mass is 15.2. The van der Waals surface area contributed by atoms with E-state index in [0.717, 1.165) is 23.8 Å². The molecular formula is C18H36N2. The average Bonchev–Trinajstić information content (AvgIpc) is 2.48. The molecule has 0 aromatic carbocycles. The van der Waals surface area contributed by atoms with E-state index in [9.17, 15) is 0 Å². The Balaban J connectivity index is 1.66. The Bertz CT molecular complexity index is 261. The first-order valence-electron chi connectivity index (χ1n) is 9.06. The summed E-state index contributed by atoms with van der Waals surface area (Å²) < 4.78 is 0. The first-order chi connectivity index (χ1) is 9.60. The minimum atomic E-state index is 0.738. The standard InChI is InChI=1S/C18H36N2/c1-5-16(4)18-8-10-19(11-9-18)14-17-6-12-20(13-7-17)15(2)3/h15-18H,5-14H2,1-4H3. The lowest BCUT2D eigenvalue weighted by molar-refractivity contribution is 0.0948. The largest absolute Gasteiger partial charge is 0.303 e. The van der Waals surface area contributed by atoms with Crippen molar-refractivity contribution < 1.29 is 0 Å². The normalized spacial score (nSPS) is 26.2. The van der Waals surface area contributed by atoms with Crippen LogP contribution in [0.3, 0.4) is 0 Å². The Labute approximate surface area is 126 Å². The van der Waals surface area contributed by atoms with Gasteiger partial charge in [-0.15, -0.1) is 0 Å². The summed E-state index contributed by atoms with van der Waals surface area (Å²) in [5.41, 5.74) is 0. The topological polar surface area (TPSA) is 6.48 Å². The number of rotatable bonds is 5. The number of piperidine rings is 2. The molecule has 0 aromatic rings. The molecule has 2 heteroatoms. The third-order valence-electron chi connectivity index (χ3n) is 5.98. The van der Waals surface area contributed by atoms with E-state index in [2.05, 4.69) is 37.5 Å². The molecule has 0 spiro atoms. The summed E-state index contributed by atoms with van der Waals surface area (Å²) in [5.74, 6) is 2.90. The van der Waals surface area contributed by atoms with Crippen LogP contribution in [0.5, 0.6) is 0 Å². The molecule has 0 bridgehead atoms. The SMILES string of the molecule is CCC(C)C1CCN(CC2CCN(C(C)C)CC2)CC1. The van der Waals surface area contributed by atoms with E-state index in [1.165, 1.54) is 64.8 Å². The van der Waals surface area contributed by atoms with Crippen molar-refractivity contribution in [2.75, 3.05) is 32.7 Å². The van der Waals surface area contributed by atoms with Crippen LogP contribution in [0.2, 0.25) is 0 Å². The van der Waals surface area contributed by atoms with Crippen molar-refractivity contribution in [3.05, 3.63) is 0 Å². The van der Waals surface area contributed by atoms with Crippen LogP contribution in [0.1, 0.15) is 59.8 Å². The molecule has 20 heavy (non-hydrogen) atoms. The van der Waals surface area contributed by atoms with Gasteiger partial charge >= 0.3 is 0 Å². The van der Waals surface area contributed by atoms with Gasteiger partial charge in [0.05, 0.1) is 0 Å². The van der Waals surface area contributed by atoms with Gasteiger partial charge in [-0.1, -0.05) is 20.3 Å². The molecule has 2 aliphatic heterocycles. The summed E-state index contributed by atoms with van der Waals surface area (Å²) in [4.78, 5) is 5.40. The van der Waals surface area contributed by atoms with Crippen molar-refractivity contribution >= 4 is 0 Å². The van der Waals surface area contributed by atoms with Crippen LogP contribution in [0, 0.1) is 17.8 Å². The van der Waals surface area contributed by atoms with Crippen molar-refractivity contribution in [3.63, 3.8) is 0 Å². The smallest absolute Gasteiger partial charge is 0.00385 e. The highest BCUT2D eigenvalue weighted by Gasteiger charge is 2.26. The van der Waals surface area contributed by atoms with Crippen LogP contribution < -0.4 is 0 Å². The van der Waals surface area contributed by atoms with Crippen LogP contribution >= 0.6 is 0 Å². The zero-order valence-electron chi connectivity index (χ0n) is 14.3. The average molecular weight is 281 g/mol. The molecule has 2 nitrogen and oxygen atoms in total. The van der Waals surface area contributed by atoms with Crippen LogP contribution in [-0.2, 0) is 0 Å². The van der Waals surface area contributed by atoms with E-state index in [1.54, 1.807) is 0 Å². The van der Waals surface area contributed by atoms with E-state index in [4.69, 9.17) is 0 Å². The molecule has 0 aliphatic carbocycles. The van der Waals surface area contributed by atoms with Gasteiger partial charge in [0, 0.05) is 12.6 Å². The summed E-state index contributed by atoms with van der Waals surface area (Å²) in [6.45, 7) is 16.2.